The number of nitrogens with one attached hydrogen (secondary N) is 1. The van der Waals surface area contributed by atoms with E-state index in [0.717, 1.165) is 4.88 Å². The summed E-state index contributed by atoms with van der Waals surface area (Å²) in [6.07, 6.45) is 0. The zero-order valence-electron chi connectivity index (χ0n) is 12.0. The Bertz CT molecular complexity index is 635. The number of carbonyl (C=O) groups is 2. The molecule has 2 heterocycles. The van der Waals surface area contributed by atoms with Gasteiger partial charge in [-0.05, 0) is 25.3 Å². The summed E-state index contributed by atoms with van der Waals surface area (Å²) in [5.41, 5.74) is 0.0928. The first-order valence-electron chi connectivity index (χ1n) is 6.51. The Morgan fingerprint density at radius 3 is 2.81 bits per heavy atom. The van der Waals surface area contributed by atoms with Crippen LogP contribution in [0, 0.1) is 0 Å². The Labute approximate surface area is 131 Å². The summed E-state index contributed by atoms with van der Waals surface area (Å²) in [6.45, 7) is 5.39. The molecule has 21 heavy (non-hydrogen) atoms. The van der Waals surface area contributed by atoms with E-state index in [1.54, 1.807) is 18.3 Å². The molecule has 0 aliphatic heterocycles. The molecule has 0 aliphatic rings. The second-order valence-corrected chi connectivity index (χ2v) is 6.33. The quantitative estimate of drug-likeness (QED) is 0.647. The number of ketones is 1. The highest BCUT2D eigenvalue weighted by atomic mass is 32.1. The minimum absolute atomic E-state index is 0.0611. The van der Waals surface area contributed by atoms with Crippen molar-refractivity contribution in [3.8, 4) is 0 Å². The number of thiophene rings is 1. The molecule has 0 aromatic carbocycles. The maximum atomic E-state index is 11.8. The van der Waals surface area contributed by atoms with Crippen LogP contribution in [-0.2, 0) is 4.74 Å². The van der Waals surface area contributed by atoms with Crippen LogP contribution in [-0.4, -0.2) is 23.3 Å². The van der Waals surface area contributed by atoms with Gasteiger partial charge in [-0.15, -0.1) is 11.3 Å². The van der Waals surface area contributed by atoms with Crippen LogP contribution in [0.3, 0.4) is 0 Å². The van der Waals surface area contributed by atoms with Gasteiger partial charge < -0.3 is 10.1 Å². The fourth-order valence-electron chi connectivity index (χ4n) is 1.75. The minimum Gasteiger partial charge on any atom is -0.461 e. The van der Waals surface area contributed by atoms with Crippen molar-refractivity contribution in [3.05, 3.63) is 33.0 Å². The number of thiazole rings is 1. The molecule has 2 rings (SSSR count). The van der Waals surface area contributed by atoms with Gasteiger partial charge in [0.25, 0.3) is 0 Å². The predicted octanol–water partition coefficient (Wildman–Crippen LogP) is 3.76. The standard InChI is InChI=1S/C14H16N2O3S2/c1-4-19-13(18)11-12(9(3)17)21-14(16-11)15-8(2)10-6-5-7-20-10/h5-8H,4H2,1-3H3,(H,15,16). The molecule has 1 unspecified atom stereocenters. The summed E-state index contributed by atoms with van der Waals surface area (Å²) in [4.78, 5) is 29.2. The van der Waals surface area contributed by atoms with E-state index in [1.165, 1.54) is 18.3 Å². The van der Waals surface area contributed by atoms with E-state index in [1.807, 2.05) is 24.4 Å². The summed E-state index contributed by atoms with van der Waals surface area (Å²) in [7, 11) is 0. The number of hydrogen-bond donors (Lipinski definition) is 1. The molecule has 0 bridgehead atoms. The lowest BCUT2D eigenvalue weighted by molar-refractivity contribution is 0.0517. The Hall–Kier alpha value is -1.73. The van der Waals surface area contributed by atoms with Crippen molar-refractivity contribution in [1.82, 2.24) is 4.98 Å². The molecule has 0 saturated carbocycles. The Morgan fingerprint density at radius 2 is 2.24 bits per heavy atom. The smallest absolute Gasteiger partial charge is 0.358 e. The van der Waals surface area contributed by atoms with Crippen molar-refractivity contribution in [1.29, 1.82) is 0 Å². The number of Topliss-reactive ketones (excluding diaryl/α,β-unsaturated/α-hetero) is 1. The first-order chi connectivity index (χ1) is 10.0. The van der Waals surface area contributed by atoms with Crippen LogP contribution in [0.1, 0.15) is 51.9 Å². The molecule has 0 aliphatic carbocycles. The van der Waals surface area contributed by atoms with Crippen LogP contribution in [0.25, 0.3) is 0 Å². The Balaban J connectivity index is 2.23. The van der Waals surface area contributed by atoms with Crippen LogP contribution >= 0.6 is 22.7 Å². The number of nitrogens with zero attached hydrogens (tertiary/aromatic N) is 1. The molecule has 2 aromatic rings. The maximum absolute atomic E-state index is 11.8. The van der Waals surface area contributed by atoms with E-state index >= 15 is 0 Å². The molecule has 0 radical (unpaired) electrons. The second-order valence-electron chi connectivity index (χ2n) is 4.35. The fourth-order valence-corrected chi connectivity index (χ4v) is 3.42. The Morgan fingerprint density at radius 1 is 1.48 bits per heavy atom. The van der Waals surface area contributed by atoms with Crippen molar-refractivity contribution in [3.63, 3.8) is 0 Å². The first-order valence-corrected chi connectivity index (χ1v) is 8.21. The molecule has 1 atom stereocenters. The van der Waals surface area contributed by atoms with Crippen LogP contribution < -0.4 is 5.32 Å². The van der Waals surface area contributed by atoms with E-state index in [9.17, 15) is 9.59 Å². The average Bonchev–Trinajstić information content (AvgIpc) is 3.07. The lowest BCUT2D eigenvalue weighted by atomic mass is 10.3. The van der Waals surface area contributed by atoms with Gasteiger partial charge in [0.05, 0.1) is 12.6 Å². The molecule has 0 spiro atoms. The minimum atomic E-state index is -0.559. The van der Waals surface area contributed by atoms with E-state index in [0.29, 0.717) is 10.0 Å². The lowest BCUT2D eigenvalue weighted by Crippen LogP contribution is -2.10. The number of anilines is 1. The van der Waals surface area contributed by atoms with Gasteiger partial charge >= 0.3 is 5.97 Å². The molecule has 2 aromatic heterocycles. The third-order valence-electron chi connectivity index (χ3n) is 2.73. The van der Waals surface area contributed by atoms with E-state index in [2.05, 4.69) is 10.3 Å². The summed E-state index contributed by atoms with van der Waals surface area (Å²) in [5, 5.41) is 5.76. The van der Waals surface area contributed by atoms with Gasteiger partial charge in [-0.2, -0.15) is 0 Å². The average molecular weight is 324 g/mol. The number of ether oxygens (including phenoxy) is 1. The number of hydrogen-bond acceptors (Lipinski definition) is 7. The largest absolute Gasteiger partial charge is 0.461 e. The molecular formula is C14H16N2O3S2. The second kappa shape index (κ2) is 6.82. The van der Waals surface area contributed by atoms with Gasteiger partial charge in [-0.1, -0.05) is 17.4 Å². The van der Waals surface area contributed by atoms with Crippen LogP contribution in [0.2, 0.25) is 0 Å². The third kappa shape index (κ3) is 3.68. The zero-order chi connectivity index (χ0) is 15.4. The molecule has 7 heteroatoms. The van der Waals surface area contributed by atoms with Gasteiger partial charge in [0.1, 0.15) is 4.88 Å². The SMILES string of the molecule is CCOC(=O)c1nc(NC(C)c2cccs2)sc1C(C)=O. The van der Waals surface area contributed by atoms with E-state index < -0.39 is 5.97 Å². The summed E-state index contributed by atoms with van der Waals surface area (Å²) < 4.78 is 4.94. The fraction of sp³-hybridized carbons (Fsp3) is 0.357. The molecule has 0 fully saturated rings. The zero-order valence-corrected chi connectivity index (χ0v) is 13.6. The van der Waals surface area contributed by atoms with Gasteiger partial charge in [0, 0.05) is 11.8 Å². The molecular weight excluding hydrogens is 308 g/mol. The van der Waals surface area contributed by atoms with Crippen molar-refractivity contribution >= 4 is 39.6 Å². The van der Waals surface area contributed by atoms with Crippen molar-refractivity contribution in [2.24, 2.45) is 0 Å². The molecule has 1 N–H and O–H groups in total. The van der Waals surface area contributed by atoms with Gasteiger partial charge in [-0.3, -0.25) is 4.79 Å². The van der Waals surface area contributed by atoms with Crippen LogP contribution in [0.4, 0.5) is 5.13 Å². The van der Waals surface area contributed by atoms with E-state index in [-0.39, 0.29) is 24.1 Å². The molecule has 5 nitrogen and oxygen atoms in total. The third-order valence-corrected chi connectivity index (χ3v) is 4.87. The topological polar surface area (TPSA) is 68.3 Å². The van der Waals surface area contributed by atoms with Gasteiger partial charge in [0.2, 0.25) is 0 Å². The van der Waals surface area contributed by atoms with Crippen molar-refractivity contribution < 1.29 is 14.3 Å². The van der Waals surface area contributed by atoms with Gasteiger partial charge in [-0.25, -0.2) is 9.78 Å². The summed E-state index contributed by atoms with van der Waals surface area (Å²) in [5.74, 6) is -0.747. The van der Waals surface area contributed by atoms with Crippen molar-refractivity contribution in [2.45, 2.75) is 26.8 Å². The number of carbonyl (C=O) groups excluding carboxylic acids is 2. The number of esters is 1. The number of aromatic nitrogens is 1. The van der Waals surface area contributed by atoms with Gasteiger partial charge in [0.15, 0.2) is 16.6 Å². The highest BCUT2D eigenvalue weighted by Gasteiger charge is 2.23. The highest BCUT2D eigenvalue weighted by molar-refractivity contribution is 7.17. The monoisotopic (exact) mass is 324 g/mol. The van der Waals surface area contributed by atoms with Crippen LogP contribution in [0.5, 0.6) is 0 Å². The lowest BCUT2D eigenvalue weighted by Gasteiger charge is -2.10. The van der Waals surface area contributed by atoms with Crippen LogP contribution in [0.15, 0.2) is 17.5 Å². The molecule has 0 amide bonds. The normalized spacial score (nSPS) is 12.0. The van der Waals surface area contributed by atoms with Crippen molar-refractivity contribution in [2.75, 3.05) is 11.9 Å². The maximum Gasteiger partial charge on any atom is 0.358 e. The predicted molar refractivity (Wildman–Crippen MR) is 84.4 cm³/mol. The summed E-state index contributed by atoms with van der Waals surface area (Å²) >= 11 is 2.82. The van der Waals surface area contributed by atoms with E-state index in [4.69, 9.17) is 4.74 Å². The molecule has 0 saturated heterocycles. The molecule has 112 valence electrons. The first kappa shape index (κ1) is 15.7. The summed E-state index contributed by atoms with van der Waals surface area (Å²) in [6, 6.07) is 4.06. The Kier molecular flexibility index (Phi) is 5.08. The number of rotatable bonds is 6. The highest BCUT2D eigenvalue weighted by Crippen LogP contribution is 2.29.